The second kappa shape index (κ2) is 5.57. The molecule has 0 saturated carbocycles. The zero-order valence-electron chi connectivity index (χ0n) is 10.8. The van der Waals surface area contributed by atoms with E-state index in [1.54, 1.807) is 13.8 Å². The molecule has 0 aliphatic heterocycles. The van der Waals surface area contributed by atoms with E-state index in [9.17, 15) is 13.2 Å². The van der Waals surface area contributed by atoms with Gasteiger partial charge in [-0.15, -0.1) is 0 Å². The molecule has 108 valence electrons. The van der Waals surface area contributed by atoms with Gasteiger partial charge in [-0.3, -0.25) is 0 Å². The van der Waals surface area contributed by atoms with Gasteiger partial charge in [0.15, 0.2) is 0 Å². The summed E-state index contributed by atoms with van der Waals surface area (Å²) in [6.07, 6.45) is -4.64. The van der Waals surface area contributed by atoms with Gasteiger partial charge in [-0.05, 0) is 13.8 Å². The second-order valence-electron chi connectivity index (χ2n) is 4.55. The third-order valence-corrected chi connectivity index (χ3v) is 2.10. The van der Waals surface area contributed by atoms with Crippen molar-refractivity contribution in [3.63, 3.8) is 0 Å². The molecule has 1 aromatic heterocycles. The van der Waals surface area contributed by atoms with E-state index in [4.69, 9.17) is 10.6 Å². The summed E-state index contributed by atoms with van der Waals surface area (Å²) in [6, 6.07) is 1.28. The van der Waals surface area contributed by atoms with Crippen LogP contribution in [0.4, 0.5) is 24.8 Å². The van der Waals surface area contributed by atoms with Gasteiger partial charge < -0.3 is 15.5 Å². The van der Waals surface area contributed by atoms with E-state index in [-0.39, 0.29) is 11.6 Å². The van der Waals surface area contributed by atoms with Crippen LogP contribution in [0, 0.1) is 0 Å². The quantitative estimate of drug-likeness (QED) is 0.561. The van der Waals surface area contributed by atoms with Crippen molar-refractivity contribution in [1.29, 1.82) is 0 Å². The van der Waals surface area contributed by atoms with Crippen molar-refractivity contribution in [2.24, 2.45) is 5.84 Å². The van der Waals surface area contributed by atoms with Gasteiger partial charge in [0.25, 0.3) is 0 Å². The van der Waals surface area contributed by atoms with Crippen molar-refractivity contribution in [2.45, 2.75) is 25.6 Å². The van der Waals surface area contributed by atoms with Crippen LogP contribution < -0.4 is 16.6 Å². The molecule has 0 spiro atoms. The van der Waals surface area contributed by atoms with Gasteiger partial charge in [-0.1, -0.05) is 0 Å². The minimum Gasteiger partial charge on any atom is -0.382 e. The number of hydrogen-bond donors (Lipinski definition) is 3. The maximum absolute atomic E-state index is 12.6. The number of methoxy groups -OCH3 is 1. The Morgan fingerprint density at radius 1 is 1.26 bits per heavy atom. The molecule has 19 heavy (non-hydrogen) atoms. The molecule has 0 saturated heterocycles. The minimum atomic E-state index is -4.64. The third kappa shape index (κ3) is 4.52. The smallest absolute Gasteiger partial charge is 0.382 e. The number of hydrogen-bond acceptors (Lipinski definition) is 6. The Morgan fingerprint density at radius 2 is 1.84 bits per heavy atom. The molecule has 1 heterocycles. The van der Waals surface area contributed by atoms with Crippen LogP contribution in [0.5, 0.6) is 0 Å². The predicted octanol–water partition coefficient (Wildman–Crippen LogP) is 1.62. The Kier molecular flexibility index (Phi) is 4.53. The van der Waals surface area contributed by atoms with Crippen LogP contribution in [0.1, 0.15) is 19.7 Å². The number of nitrogens with two attached hydrogens (primary N) is 1. The number of rotatable bonds is 5. The molecule has 0 aliphatic carbocycles. The van der Waals surface area contributed by atoms with Gasteiger partial charge in [0, 0.05) is 13.2 Å². The molecule has 0 fully saturated rings. The van der Waals surface area contributed by atoms with Gasteiger partial charge >= 0.3 is 6.18 Å². The molecule has 9 heteroatoms. The standard InChI is InChI=1S/C10H16F3N5O/c1-9(2,5-19-3)17-6-4-7(18-14)16-8(15-6)10(11,12)13/h4H,5,14H2,1-3H3,(H2,15,16,17,18). The van der Waals surface area contributed by atoms with E-state index >= 15 is 0 Å². The number of hydrazine groups is 1. The second-order valence-corrected chi connectivity index (χ2v) is 4.55. The fourth-order valence-corrected chi connectivity index (χ4v) is 1.46. The Bertz CT molecular complexity index is 436. The lowest BCUT2D eigenvalue weighted by molar-refractivity contribution is -0.144. The van der Waals surface area contributed by atoms with Crippen LogP contribution in [0.2, 0.25) is 0 Å². The van der Waals surface area contributed by atoms with Crippen molar-refractivity contribution in [3.8, 4) is 0 Å². The molecule has 0 unspecified atom stereocenters. The number of nitrogens with zero attached hydrogens (tertiary/aromatic N) is 2. The number of anilines is 2. The molecule has 0 aliphatic rings. The predicted molar refractivity (Wildman–Crippen MR) is 64.4 cm³/mol. The van der Waals surface area contributed by atoms with Crippen LogP contribution in [0.15, 0.2) is 6.07 Å². The monoisotopic (exact) mass is 279 g/mol. The number of nitrogen functional groups attached to an aromatic ring is 1. The zero-order valence-corrected chi connectivity index (χ0v) is 10.8. The largest absolute Gasteiger partial charge is 0.451 e. The molecule has 0 atom stereocenters. The fourth-order valence-electron chi connectivity index (χ4n) is 1.46. The van der Waals surface area contributed by atoms with Gasteiger partial charge in [0.1, 0.15) is 11.6 Å². The van der Waals surface area contributed by atoms with Crippen LogP contribution in [-0.4, -0.2) is 29.2 Å². The van der Waals surface area contributed by atoms with Crippen LogP contribution >= 0.6 is 0 Å². The molecule has 4 N–H and O–H groups in total. The maximum Gasteiger partial charge on any atom is 0.451 e. The fraction of sp³-hybridized carbons (Fsp3) is 0.600. The summed E-state index contributed by atoms with van der Waals surface area (Å²) in [4.78, 5) is 6.68. The Hall–Kier alpha value is -1.61. The summed E-state index contributed by atoms with van der Waals surface area (Å²) in [6.45, 7) is 3.83. The number of alkyl halides is 3. The van der Waals surface area contributed by atoms with E-state index in [1.165, 1.54) is 13.2 Å². The van der Waals surface area contributed by atoms with Crippen molar-refractivity contribution in [1.82, 2.24) is 9.97 Å². The molecule has 0 amide bonds. The number of nitrogens with one attached hydrogen (secondary N) is 2. The highest BCUT2D eigenvalue weighted by atomic mass is 19.4. The third-order valence-electron chi connectivity index (χ3n) is 2.10. The zero-order chi connectivity index (χ0) is 14.7. The topological polar surface area (TPSA) is 85.1 Å². The lowest BCUT2D eigenvalue weighted by atomic mass is 10.1. The molecule has 0 aromatic carbocycles. The summed E-state index contributed by atoms with van der Waals surface area (Å²) in [7, 11) is 1.50. The van der Waals surface area contributed by atoms with Crippen molar-refractivity contribution < 1.29 is 17.9 Å². The van der Waals surface area contributed by atoms with Gasteiger partial charge in [0.2, 0.25) is 5.82 Å². The van der Waals surface area contributed by atoms with Gasteiger partial charge in [0.05, 0.1) is 12.1 Å². The maximum atomic E-state index is 12.6. The summed E-state index contributed by atoms with van der Waals surface area (Å²) < 4.78 is 42.8. The van der Waals surface area contributed by atoms with Gasteiger partial charge in [-0.25, -0.2) is 15.8 Å². The molecule has 6 nitrogen and oxygen atoms in total. The number of aromatic nitrogens is 2. The Labute approximate surface area is 108 Å². The van der Waals surface area contributed by atoms with Crippen LogP contribution in [-0.2, 0) is 10.9 Å². The first-order valence-electron chi connectivity index (χ1n) is 5.38. The van der Waals surface area contributed by atoms with E-state index in [0.29, 0.717) is 6.61 Å². The number of ether oxygens (including phenoxy) is 1. The summed E-state index contributed by atoms with van der Waals surface area (Å²) in [5.41, 5.74) is 1.49. The average molecular weight is 279 g/mol. The molecule has 0 bridgehead atoms. The SMILES string of the molecule is COCC(C)(C)Nc1cc(NN)nc(C(F)(F)F)n1. The average Bonchev–Trinajstić information content (AvgIpc) is 2.26. The minimum absolute atomic E-state index is 0.0114. The first kappa shape index (κ1) is 15.4. The van der Waals surface area contributed by atoms with E-state index < -0.39 is 17.5 Å². The molecule has 1 aromatic rings. The Morgan fingerprint density at radius 3 is 2.32 bits per heavy atom. The molecular weight excluding hydrogens is 263 g/mol. The van der Waals surface area contributed by atoms with Crippen molar-refractivity contribution in [2.75, 3.05) is 24.5 Å². The van der Waals surface area contributed by atoms with Crippen LogP contribution in [0.25, 0.3) is 0 Å². The van der Waals surface area contributed by atoms with Crippen molar-refractivity contribution in [3.05, 3.63) is 11.9 Å². The normalized spacial score (nSPS) is 12.4. The highest BCUT2D eigenvalue weighted by Crippen LogP contribution is 2.28. The molecule has 1 rings (SSSR count). The highest BCUT2D eigenvalue weighted by Gasteiger charge is 2.35. The Balaban J connectivity index is 3.07. The first-order valence-corrected chi connectivity index (χ1v) is 5.38. The highest BCUT2D eigenvalue weighted by molar-refractivity contribution is 5.48. The first-order chi connectivity index (χ1) is 8.68. The lowest BCUT2D eigenvalue weighted by Gasteiger charge is -2.26. The molecule has 0 radical (unpaired) electrons. The summed E-state index contributed by atoms with van der Waals surface area (Å²) in [5, 5.41) is 2.83. The molecular formula is C10H16F3N5O. The lowest BCUT2D eigenvalue weighted by Crippen LogP contribution is -2.36. The van der Waals surface area contributed by atoms with E-state index in [1.807, 2.05) is 0 Å². The van der Waals surface area contributed by atoms with Gasteiger partial charge in [-0.2, -0.15) is 13.2 Å². The van der Waals surface area contributed by atoms with E-state index in [2.05, 4.69) is 20.7 Å². The summed E-state index contributed by atoms with van der Waals surface area (Å²) >= 11 is 0. The van der Waals surface area contributed by atoms with E-state index in [0.717, 1.165) is 0 Å². The van der Waals surface area contributed by atoms with Crippen molar-refractivity contribution >= 4 is 11.6 Å². The number of halogens is 3. The van der Waals surface area contributed by atoms with Crippen LogP contribution in [0.3, 0.4) is 0 Å². The summed E-state index contributed by atoms with van der Waals surface area (Å²) in [5.74, 6) is 3.71.